The lowest BCUT2D eigenvalue weighted by Gasteiger charge is -2.15. The van der Waals surface area contributed by atoms with Crippen LogP contribution in [0.3, 0.4) is 0 Å². The molecule has 0 aliphatic rings. The van der Waals surface area contributed by atoms with Crippen molar-refractivity contribution in [1.29, 1.82) is 0 Å². The van der Waals surface area contributed by atoms with Crippen molar-refractivity contribution in [3.05, 3.63) is 27.9 Å². The Labute approximate surface area is 121 Å². The maximum Gasteiger partial charge on any atom is 0.308 e. The average Bonchev–Trinajstić information content (AvgIpc) is 2.70. The molecule has 0 saturated carbocycles. The van der Waals surface area contributed by atoms with Crippen LogP contribution < -0.4 is 14.9 Å². The Balaban J connectivity index is 2.07. The summed E-state index contributed by atoms with van der Waals surface area (Å²) < 4.78 is 8.07. The normalized spacial score (nSPS) is 13.1. The van der Waals surface area contributed by atoms with Gasteiger partial charge in [-0.05, 0) is 12.1 Å². The van der Waals surface area contributed by atoms with Gasteiger partial charge in [0, 0.05) is 19.6 Å². The molecule has 1 atom stereocenters. The van der Waals surface area contributed by atoms with E-state index in [1.807, 2.05) is 32.0 Å². The summed E-state index contributed by atoms with van der Waals surface area (Å²) in [5.41, 5.74) is 0.854. The van der Waals surface area contributed by atoms with E-state index in [0.29, 0.717) is 18.3 Å². The van der Waals surface area contributed by atoms with Gasteiger partial charge in [-0.2, -0.15) is 0 Å². The Kier molecular flexibility index (Phi) is 4.80. The molecule has 20 heavy (non-hydrogen) atoms. The molecule has 1 heterocycles. The van der Waals surface area contributed by atoms with E-state index in [-0.39, 0.29) is 11.5 Å². The highest BCUT2D eigenvalue weighted by molar-refractivity contribution is 7.16. The summed E-state index contributed by atoms with van der Waals surface area (Å²) in [4.78, 5) is 11.7. The fraction of sp³-hybridized carbons (Fsp3) is 0.500. The number of aromatic nitrogens is 1. The molecule has 1 aromatic carbocycles. The van der Waals surface area contributed by atoms with Crippen LogP contribution >= 0.6 is 11.3 Å². The maximum atomic E-state index is 11.7. The molecule has 0 aliphatic heterocycles. The van der Waals surface area contributed by atoms with Gasteiger partial charge in [-0.3, -0.25) is 4.79 Å². The molecular weight excluding hydrogens is 276 g/mol. The Bertz CT molecular complexity index is 633. The van der Waals surface area contributed by atoms with Crippen molar-refractivity contribution < 1.29 is 9.84 Å². The van der Waals surface area contributed by atoms with Crippen LogP contribution in [0.15, 0.2) is 23.0 Å². The largest absolute Gasteiger partial charge is 0.489 e. The number of rotatable bonds is 6. The molecule has 5 nitrogen and oxygen atoms in total. The van der Waals surface area contributed by atoms with E-state index in [1.165, 1.54) is 0 Å². The van der Waals surface area contributed by atoms with Gasteiger partial charge in [0.2, 0.25) is 0 Å². The van der Waals surface area contributed by atoms with Gasteiger partial charge in [0.1, 0.15) is 18.5 Å². The van der Waals surface area contributed by atoms with Crippen LogP contribution in [0.5, 0.6) is 5.75 Å². The number of aliphatic hydroxyl groups is 1. The molecular formula is C14H20N2O3S. The van der Waals surface area contributed by atoms with Gasteiger partial charge in [0.05, 0.1) is 10.2 Å². The first kappa shape index (κ1) is 15.0. The second-order valence-electron chi connectivity index (χ2n) is 5.06. The molecule has 2 aromatic rings. The SMILES string of the molecule is CC(C)NCC(O)COc1cccc2c1sc(=O)n2C. The van der Waals surface area contributed by atoms with Crippen LogP contribution in [0.25, 0.3) is 10.2 Å². The molecule has 0 amide bonds. The number of hydrogen-bond acceptors (Lipinski definition) is 5. The lowest BCUT2D eigenvalue weighted by molar-refractivity contribution is 0.105. The summed E-state index contributed by atoms with van der Waals surface area (Å²) in [5.74, 6) is 0.647. The lowest BCUT2D eigenvalue weighted by Crippen LogP contribution is -2.35. The summed E-state index contributed by atoms with van der Waals surface area (Å²) in [6.45, 7) is 4.73. The Morgan fingerprint density at radius 3 is 2.90 bits per heavy atom. The molecule has 0 aliphatic carbocycles. The number of aryl methyl sites for hydroxylation is 1. The third-order valence-electron chi connectivity index (χ3n) is 2.98. The van der Waals surface area contributed by atoms with E-state index in [9.17, 15) is 9.90 Å². The number of aliphatic hydroxyl groups excluding tert-OH is 1. The van der Waals surface area contributed by atoms with Crippen LogP contribution in [-0.4, -0.2) is 35.0 Å². The second kappa shape index (κ2) is 6.39. The Morgan fingerprint density at radius 2 is 2.20 bits per heavy atom. The molecule has 0 radical (unpaired) electrons. The summed E-state index contributed by atoms with van der Waals surface area (Å²) in [6, 6.07) is 5.88. The highest BCUT2D eigenvalue weighted by Gasteiger charge is 2.11. The number of nitrogens with one attached hydrogen (secondary N) is 1. The number of ether oxygens (including phenoxy) is 1. The quantitative estimate of drug-likeness (QED) is 0.844. The monoisotopic (exact) mass is 296 g/mol. The lowest BCUT2D eigenvalue weighted by atomic mass is 10.3. The van der Waals surface area contributed by atoms with E-state index < -0.39 is 6.10 Å². The first-order valence-electron chi connectivity index (χ1n) is 6.62. The molecule has 110 valence electrons. The van der Waals surface area contributed by atoms with Crippen molar-refractivity contribution in [2.24, 2.45) is 7.05 Å². The van der Waals surface area contributed by atoms with Crippen LogP contribution in [0.4, 0.5) is 0 Å². The van der Waals surface area contributed by atoms with Crippen LogP contribution in [0, 0.1) is 0 Å². The third kappa shape index (κ3) is 3.39. The third-order valence-corrected chi connectivity index (χ3v) is 4.04. The van der Waals surface area contributed by atoms with Gasteiger partial charge in [0.15, 0.2) is 0 Å². The minimum Gasteiger partial charge on any atom is -0.489 e. The molecule has 0 saturated heterocycles. The van der Waals surface area contributed by atoms with Gasteiger partial charge in [-0.1, -0.05) is 31.3 Å². The topological polar surface area (TPSA) is 63.5 Å². The van der Waals surface area contributed by atoms with E-state index in [2.05, 4.69) is 5.32 Å². The predicted molar refractivity (Wildman–Crippen MR) is 81.7 cm³/mol. The van der Waals surface area contributed by atoms with Crippen LogP contribution in [-0.2, 0) is 7.05 Å². The molecule has 1 unspecified atom stereocenters. The first-order chi connectivity index (χ1) is 9.49. The molecule has 6 heteroatoms. The summed E-state index contributed by atoms with van der Waals surface area (Å²) in [7, 11) is 1.74. The molecule has 2 rings (SSSR count). The molecule has 1 aromatic heterocycles. The zero-order chi connectivity index (χ0) is 14.7. The standard InChI is InChI=1S/C14H20N2O3S/c1-9(2)15-7-10(17)8-19-12-6-4-5-11-13(12)20-14(18)16(11)3/h4-6,9-10,15,17H,7-8H2,1-3H3. The van der Waals surface area contributed by atoms with Crippen molar-refractivity contribution in [2.45, 2.75) is 26.0 Å². The zero-order valence-electron chi connectivity index (χ0n) is 11.9. The summed E-state index contributed by atoms with van der Waals surface area (Å²) in [6.07, 6.45) is -0.576. The van der Waals surface area contributed by atoms with Crippen molar-refractivity contribution in [2.75, 3.05) is 13.2 Å². The Hall–Kier alpha value is -1.37. The van der Waals surface area contributed by atoms with Crippen molar-refractivity contribution in [3.8, 4) is 5.75 Å². The number of hydrogen-bond donors (Lipinski definition) is 2. The number of nitrogens with zero attached hydrogens (tertiary/aromatic N) is 1. The summed E-state index contributed by atoms with van der Waals surface area (Å²) in [5, 5.41) is 13.0. The van der Waals surface area contributed by atoms with Gasteiger partial charge in [-0.25, -0.2) is 0 Å². The molecule has 0 bridgehead atoms. The minimum absolute atomic E-state index is 0.0157. The molecule has 0 spiro atoms. The van der Waals surface area contributed by atoms with Crippen molar-refractivity contribution >= 4 is 21.6 Å². The fourth-order valence-electron chi connectivity index (χ4n) is 1.86. The minimum atomic E-state index is -0.576. The number of benzene rings is 1. The van der Waals surface area contributed by atoms with Gasteiger partial charge in [0.25, 0.3) is 0 Å². The molecule has 0 fully saturated rings. The summed E-state index contributed by atoms with van der Waals surface area (Å²) >= 11 is 1.16. The average molecular weight is 296 g/mol. The number of thiazole rings is 1. The smallest absolute Gasteiger partial charge is 0.308 e. The fourth-order valence-corrected chi connectivity index (χ4v) is 2.80. The zero-order valence-corrected chi connectivity index (χ0v) is 12.7. The maximum absolute atomic E-state index is 11.7. The predicted octanol–water partition coefficient (Wildman–Crippen LogP) is 1.34. The van der Waals surface area contributed by atoms with E-state index in [1.54, 1.807) is 11.6 Å². The molecule has 2 N–H and O–H groups in total. The van der Waals surface area contributed by atoms with Gasteiger partial charge >= 0.3 is 4.87 Å². The highest BCUT2D eigenvalue weighted by atomic mass is 32.1. The van der Waals surface area contributed by atoms with Crippen molar-refractivity contribution in [3.63, 3.8) is 0 Å². The van der Waals surface area contributed by atoms with Gasteiger partial charge in [-0.15, -0.1) is 0 Å². The Morgan fingerprint density at radius 1 is 1.45 bits per heavy atom. The van der Waals surface area contributed by atoms with E-state index in [4.69, 9.17) is 4.74 Å². The second-order valence-corrected chi connectivity index (χ2v) is 6.02. The van der Waals surface area contributed by atoms with Crippen molar-refractivity contribution in [1.82, 2.24) is 9.88 Å². The van der Waals surface area contributed by atoms with Crippen LogP contribution in [0.1, 0.15) is 13.8 Å². The highest BCUT2D eigenvalue weighted by Crippen LogP contribution is 2.27. The van der Waals surface area contributed by atoms with Gasteiger partial charge < -0.3 is 19.7 Å². The number of fused-ring (bicyclic) bond motifs is 1. The van der Waals surface area contributed by atoms with Crippen LogP contribution in [0.2, 0.25) is 0 Å². The van der Waals surface area contributed by atoms with E-state index in [0.717, 1.165) is 21.6 Å². The first-order valence-corrected chi connectivity index (χ1v) is 7.43. The van der Waals surface area contributed by atoms with E-state index >= 15 is 0 Å².